The quantitative estimate of drug-likeness (QED) is 0.187. The predicted molar refractivity (Wildman–Crippen MR) is 204 cm³/mol. The number of fused-ring (bicyclic) bond motifs is 7. The molecule has 4 nitrogen and oxygen atoms in total. The van der Waals surface area contributed by atoms with Gasteiger partial charge < -0.3 is 13.7 Å². The molecule has 1 aliphatic rings. The average Bonchev–Trinajstić information content (AvgIpc) is 3.82. The summed E-state index contributed by atoms with van der Waals surface area (Å²) in [4.78, 5) is 7.23. The molecular weight excluding hydrogens is 613 g/mol. The molecule has 0 spiro atoms. The van der Waals surface area contributed by atoms with Gasteiger partial charge >= 0.3 is 0 Å². The predicted octanol–water partition coefficient (Wildman–Crippen LogP) is 12.8. The average molecular weight is 645 g/mol. The Morgan fingerprint density at radius 3 is 2.02 bits per heavy atom. The first-order valence-electron chi connectivity index (χ1n) is 17.0. The zero-order chi connectivity index (χ0) is 33.4. The van der Waals surface area contributed by atoms with Gasteiger partial charge in [-0.2, -0.15) is 0 Å². The van der Waals surface area contributed by atoms with Crippen LogP contribution >= 0.6 is 0 Å². The fraction of sp³-hybridized carbons (Fsp3) is 0.0652. The van der Waals surface area contributed by atoms with Gasteiger partial charge in [-0.05, 0) is 82.4 Å². The monoisotopic (exact) mass is 644 g/mol. The molecule has 0 fully saturated rings. The number of para-hydroxylation sites is 1. The molecule has 0 saturated carbocycles. The zero-order valence-corrected chi connectivity index (χ0v) is 27.7. The van der Waals surface area contributed by atoms with E-state index in [2.05, 4.69) is 134 Å². The van der Waals surface area contributed by atoms with Gasteiger partial charge in [-0.3, -0.25) is 0 Å². The molecule has 0 N–H and O–H groups in total. The molecule has 9 aromatic rings. The molecule has 0 bridgehead atoms. The highest BCUT2D eigenvalue weighted by Gasteiger charge is 2.37. The molecular formula is C46H32N2O2. The Labute approximate surface area is 289 Å². The van der Waals surface area contributed by atoms with Crippen molar-refractivity contribution in [2.75, 3.05) is 4.90 Å². The van der Waals surface area contributed by atoms with Crippen molar-refractivity contribution >= 4 is 50.1 Å². The summed E-state index contributed by atoms with van der Waals surface area (Å²) in [6, 6.07) is 55.5. The van der Waals surface area contributed by atoms with Crippen LogP contribution in [-0.4, -0.2) is 4.98 Å². The van der Waals surface area contributed by atoms with Crippen molar-refractivity contribution in [3.05, 3.63) is 169 Å². The molecule has 0 saturated heterocycles. The van der Waals surface area contributed by atoms with Crippen LogP contribution in [0, 0.1) is 0 Å². The molecule has 50 heavy (non-hydrogen) atoms. The molecule has 4 heteroatoms. The number of hydrogen-bond acceptors (Lipinski definition) is 4. The van der Waals surface area contributed by atoms with Crippen LogP contribution in [0.3, 0.4) is 0 Å². The van der Waals surface area contributed by atoms with Gasteiger partial charge in [0.2, 0.25) is 5.89 Å². The third kappa shape index (κ3) is 4.28. The van der Waals surface area contributed by atoms with Crippen LogP contribution in [0.1, 0.15) is 25.0 Å². The van der Waals surface area contributed by atoms with Gasteiger partial charge in [-0.15, -0.1) is 0 Å². The van der Waals surface area contributed by atoms with E-state index in [1.807, 2.05) is 42.5 Å². The Bertz CT molecular complexity index is 2720. The van der Waals surface area contributed by atoms with Crippen LogP contribution in [0.4, 0.5) is 17.1 Å². The number of rotatable bonds is 5. The lowest BCUT2D eigenvalue weighted by molar-refractivity contribution is 0.617. The largest absolute Gasteiger partial charge is 0.456 e. The van der Waals surface area contributed by atoms with Crippen LogP contribution in [-0.2, 0) is 5.41 Å². The van der Waals surface area contributed by atoms with Crippen molar-refractivity contribution in [3.63, 3.8) is 0 Å². The Morgan fingerprint density at radius 1 is 0.520 bits per heavy atom. The molecule has 0 aliphatic heterocycles. The van der Waals surface area contributed by atoms with E-state index in [0.29, 0.717) is 11.5 Å². The first kappa shape index (κ1) is 28.6. The van der Waals surface area contributed by atoms with Crippen molar-refractivity contribution in [1.29, 1.82) is 0 Å². The van der Waals surface area contributed by atoms with Crippen LogP contribution < -0.4 is 4.90 Å². The molecule has 1 aliphatic carbocycles. The van der Waals surface area contributed by atoms with Crippen molar-refractivity contribution in [3.8, 4) is 33.7 Å². The van der Waals surface area contributed by atoms with Gasteiger partial charge in [0, 0.05) is 44.8 Å². The Balaban J connectivity index is 1.10. The summed E-state index contributed by atoms with van der Waals surface area (Å²) >= 11 is 0. The number of hydrogen-bond donors (Lipinski definition) is 0. The Hall–Kier alpha value is -6.39. The summed E-state index contributed by atoms with van der Waals surface area (Å²) in [6.07, 6.45) is 0. The number of anilines is 3. The van der Waals surface area contributed by atoms with Crippen LogP contribution in [0.2, 0.25) is 0 Å². The number of nitrogens with zero attached hydrogens (tertiary/aromatic N) is 2. The lowest BCUT2D eigenvalue weighted by Crippen LogP contribution is -2.16. The second kappa shape index (κ2) is 10.8. The van der Waals surface area contributed by atoms with E-state index in [-0.39, 0.29) is 5.41 Å². The van der Waals surface area contributed by atoms with Crippen LogP contribution in [0.25, 0.3) is 66.7 Å². The fourth-order valence-corrected chi connectivity index (χ4v) is 7.91. The Morgan fingerprint density at radius 2 is 1.20 bits per heavy atom. The van der Waals surface area contributed by atoms with E-state index >= 15 is 0 Å². The van der Waals surface area contributed by atoms with Gasteiger partial charge in [-0.1, -0.05) is 111 Å². The minimum absolute atomic E-state index is 0.0825. The summed E-state index contributed by atoms with van der Waals surface area (Å²) < 4.78 is 12.6. The maximum absolute atomic E-state index is 6.41. The highest BCUT2D eigenvalue weighted by molar-refractivity contribution is 6.15. The molecule has 0 radical (unpaired) electrons. The van der Waals surface area contributed by atoms with E-state index in [1.54, 1.807) is 0 Å². The highest BCUT2D eigenvalue weighted by atomic mass is 16.4. The van der Waals surface area contributed by atoms with E-state index in [1.165, 1.54) is 27.9 Å². The minimum atomic E-state index is -0.0825. The van der Waals surface area contributed by atoms with Crippen molar-refractivity contribution in [2.24, 2.45) is 0 Å². The second-order valence-corrected chi connectivity index (χ2v) is 13.6. The second-order valence-electron chi connectivity index (χ2n) is 13.6. The molecule has 0 amide bonds. The smallest absolute Gasteiger partial charge is 0.227 e. The maximum atomic E-state index is 6.41. The first-order valence-corrected chi connectivity index (χ1v) is 17.0. The van der Waals surface area contributed by atoms with E-state index in [0.717, 1.165) is 55.5 Å². The van der Waals surface area contributed by atoms with Crippen molar-refractivity contribution in [1.82, 2.24) is 4.98 Å². The molecule has 7 aromatic carbocycles. The number of oxazole rings is 1. The van der Waals surface area contributed by atoms with E-state index in [4.69, 9.17) is 13.8 Å². The number of aromatic nitrogens is 1. The molecule has 238 valence electrons. The minimum Gasteiger partial charge on any atom is -0.456 e. The van der Waals surface area contributed by atoms with Gasteiger partial charge in [-0.25, -0.2) is 4.98 Å². The first-order chi connectivity index (χ1) is 24.5. The zero-order valence-electron chi connectivity index (χ0n) is 27.7. The molecule has 0 unspecified atom stereocenters. The Kier molecular flexibility index (Phi) is 6.19. The van der Waals surface area contributed by atoms with Crippen molar-refractivity contribution in [2.45, 2.75) is 19.3 Å². The van der Waals surface area contributed by atoms with E-state index in [9.17, 15) is 0 Å². The van der Waals surface area contributed by atoms with Gasteiger partial charge in [0.05, 0.1) is 5.69 Å². The van der Waals surface area contributed by atoms with Crippen molar-refractivity contribution < 1.29 is 8.83 Å². The standard InChI is InChI=1S/C46H32N2O2/c1-46(2)36-19-10-9-17-34(36)44-37(46)20-12-21-39(44)48(31-15-7-4-8-16-31)32-25-23-29(24-26-32)33-18-11-22-40-43(33)35-27-38-42(28-41(35)49-40)50-45(47-38)30-13-5-3-6-14-30/h3-28H,1-2H3. The fourth-order valence-electron chi connectivity index (χ4n) is 7.91. The lowest BCUT2D eigenvalue weighted by atomic mass is 9.82. The maximum Gasteiger partial charge on any atom is 0.227 e. The summed E-state index contributed by atoms with van der Waals surface area (Å²) in [5.41, 5.74) is 14.9. The number of furan rings is 1. The molecule has 2 aromatic heterocycles. The van der Waals surface area contributed by atoms with Crippen LogP contribution in [0.15, 0.2) is 167 Å². The van der Waals surface area contributed by atoms with Crippen LogP contribution in [0.5, 0.6) is 0 Å². The third-order valence-electron chi connectivity index (χ3n) is 10.3. The summed E-state index contributed by atoms with van der Waals surface area (Å²) in [6.45, 7) is 4.66. The SMILES string of the molecule is CC1(C)c2ccccc2-c2c(N(c3ccccc3)c3ccc(-c4cccc5oc6cc7oc(-c8ccccc8)nc7cc6c45)cc3)cccc21. The van der Waals surface area contributed by atoms with Gasteiger partial charge in [0.1, 0.15) is 16.7 Å². The topological polar surface area (TPSA) is 42.4 Å². The molecule has 10 rings (SSSR count). The lowest BCUT2D eigenvalue weighted by Gasteiger charge is -2.29. The summed E-state index contributed by atoms with van der Waals surface area (Å²) in [5.74, 6) is 0.604. The summed E-state index contributed by atoms with van der Waals surface area (Å²) in [5, 5.41) is 2.09. The van der Waals surface area contributed by atoms with Gasteiger partial charge in [0.25, 0.3) is 0 Å². The number of benzene rings is 7. The highest BCUT2D eigenvalue weighted by Crippen LogP contribution is 2.54. The third-order valence-corrected chi connectivity index (χ3v) is 10.3. The van der Waals surface area contributed by atoms with Gasteiger partial charge in [0.15, 0.2) is 5.58 Å². The van der Waals surface area contributed by atoms with E-state index < -0.39 is 0 Å². The normalized spacial score (nSPS) is 13.2. The molecule has 0 atom stereocenters. The summed E-state index contributed by atoms with van der Waals surface area (Å²) in [7, 11) is 0. The molecule has 2 heterocycles.